The molecule has 0 aliphatic carbocycles. The Morgan fingerprint density at radius 2 is 2.21 bits per heavy atom. The lowest BCUT2D eigenvalue weighted by Gasteiger charge is -2.08. The minimum atomic E-state index is -0.241. The molecule has 2 rings (SSSR count). The van der Waals surface area contributed by atoms with Crippen molar-refractivity contribution in [3.63, 3.8) is 0 Å². The van der Waals surface area contributed by atoms with Crippen molar-refractivity contribution >= 4 is 11.6 Å². The van der Waals surface area contributed by atoms with Crippen molar-refractivity contribution in [3.05, 3.63) is 41.7 Å². The van der Waals surface area contributed by atoms with Crippen LogP contribution in [0, 0.1) is 0 Å². The molecule has 0 unspecified atom stereocenters. The third-order valence-electron chi connectivity index (χ3n) is 2.56. The Morgan fingerprint density at radius 1 is 1.42 bits per heavy atom. The minimum absolute atomic E-state index is 0.0484. The molecular formula is C12H15N5O2. The largest absolute Gasteiger partial charge is 0.392 e. The van der Waals surface area contributed by atoms with Gasteiger partial charge < -0.3 is 16.2 Å². The van der Waals surface area contributed by atoms with E-state index in [2.05, 4.69) is 15.6 Å². The summed E-state index contributed by atoms with van der Waals surface area (Å²) < 4.78 is 1.42. The summed E-state index contributed by atoms with van der Waals surface area (Å²) >= 11 is 0. The molecule has 1 amide bonds. The fourth-order valence-electron chi connectivity index (χ4n) is 1.63. The molecule has 2 aromatic rings. The third-order valence-corrected chi connectivity index (χ3v) is 2.56. The first-order valence-electron chi connectivity index (χ1n) is 5.80. The van der Waals surface area contributed by atoms with E-state index in [4.69, 9.17) is 10.8 Å². The molecule has 19 heavy (non-hydrogen) atoms. The summed E-state index contributed by atoms with van der Waals surface area (Å²) in [6, 6.07) is 7.07. The minimum Gasteiger partial charge on any atom is -0.392 e. The van der Waals surface area contributed by atoms with Gasteiger partial charge in [0.15, 0.2) is 0 Å². The van der Waals surface area contributed by atoms with Gasteiger partial charge in [0.25, 0.3) is 0 Å². The molecule has 0 atom stereocenters. The zero-order valence-corrected chi connectivity index (χ0v) is 10.3. The van der Waals surface area contributed by atoms with E-state index in [9.17, 15) is 4.79 Å². The van der Waals surface area contributed by atoms with E-state index < -0.39 is 0 Å². The average Bonchev–Trinajstić information content (AvgIpc) is 2.87. The van der Waals surface area contributed by atoms with Crippen molar-refractivity contribution in [2.24, 2.45) is 5.73 Å². The van der Waals surface area contributed by atoms with Crippen LogP contribution in [0.3, 0.4) is 0 Å². The molecule has 0 fully saturated rings. The Bertz CT molecular complexity index is 567. The second-order valence-electron chi connectivity index (χ2n) is 3.98. The Morgan fingerprint density at radius 3 is 2.89 bits per heavy atom. The van der Waals surface area contributed by atoms with E-state index in [-0.39, 0.29) is 25.6 Å². The molecule has 0 bridgehead atoms. The van der Waals surface area contributed by atoms with Crippen LogP contribution in [0.25, 0.3) is 0 Å². The first-order valence-corrected chi connectivity index (χ1v) is 5.80. The summed E-state index contributed by atoms with van der Waals surface area (Å²) in [5.74, 6) is -0.241. The van der Waals surface area contributed by atoms with Gasteiger partial charge in [-0.3, -0.25) is 4.79 Å². The number of hydrogen-bond acceptors (Lipinski definition) is 5. The highest BCUT2D eigenvalue weighted by Gasteiger charge is 2.08. The van der Waals surface area contributed by atoms with Crippen LogP contribution in [-0.2, 0) is 24.5 Å². The normalized spacial score (nSPS) is 10.4. The van der Waals surface area contributed by atoms with Gasteiger partial charge >= 0.3 is 0 Å². The van der Waals surface area contributed by atoms with Gasteiger partial charge in [0.05, 0.1) is 18.5 Å². The Labute approximate surface area is 110 Å². The number of aromatic nitrogens is 3. The fraction of sp³-hybridized carbons (Fsp3) is 0.250. The lowest BCUT2D eigenvalue weighted by atomic mass is 10.2. The lowest BCUT2D eigenvalue weighted by molar-refractivity contribution is -0.116. The molecule has 0 radical (unpaired) electrons. The number of anilines is 1. The summed E-state index contributed by atoms with van der Waals surface area (Å²) in [6.45, 7) is 0.207. The van der Waals surface area contributed by atoms with Crippen molar-refractivity contribution in [1.82, 2.24) is 15.0 Å². The standard InChI is InChI=1S/C12H15N5O2/c13-5-10-6-17(16-15-10)7-12(19)14-11-4-2-1-3-9(11)8-18/h1-4,6,18H,5,7-8,13H2,(H,14,19). The van der Waals surface area contributed by atoms with E-state index in [0.717, 1.165) is 0 Å². The monoisotopic (exact) mass is 261 g/mol. The number of benzene rings is 1. The van der Waals surface area contributed by atoms with E-state index in [1.807, 2.05) is 0 Å². The summed E-state index contributed by atoms with van der Waals surface area (Å²) in [4.78, 5) is 11.8. The van der Waals surface area contributed by atoms with Gasteiger partial charge in [0, 0.05) is 17.8 Å². The summed E-state index contributed by atoms with van der Waals surface area (Å²) in [5, 5.41) is 19.5. The van der Waals surface area contributed by atoms with Crippen LogP contribution in [0.2, 0.25) is 0 Å². The van der Waals surface area contributed by atoms with Crippen LogP contribution in [0.15, 0.2) is 30.5 Å². The second kappa shape index (κ2) is 6.07. The van der Waals surface area contributed by atoms with Crippen molar-refractivity contribution in [3.8, 4) is 0 Å². The highest BCUT2D eigenvalue weighted by atomic mass is 16.3. The molecule has 0 aliphatic heterocycles. The van der Waals surface area contributed by atoms with Crippen molar-refractivity contribution < 1.29 is 9.90 Å². The highest BCUT2D eigenvalue weighted by Crippen LogP contribution is 2.14. The zero-order chi connectivity index (χ0) is 13.7. The summed E-state index contributed by atoms with van der Waals surface area (Å²) in [6.07, 6.45) is 1.62. The molecule has 0 saturated carbocycles. The Balaban J connectivity index is 2.01. The molecule has 4 N–H and O–H groups in total. The molecular weight excluding hydrogens is 246 g/mol. The SMILES string of the molecule is NCc1cn(CC(=O)Nc2ccccc2CO)nn1. The smallest absolute Gasteiger partial charge is 0.246 e. The first kappa shape index (κ1) is 13.2. The number of nitrogens with zero attached hydrogens (tertiary/aromatic N) is 3. The number of rotatable bonds is 5. The molecule has 1 aromatic carbocycles. The predicted molar refractivity (Wildman–Crippen MR) is 68.9 cm³/mol. The number of nitrogens with one attached hydrogen (secondary N) is 1. The number of amides is 1. The second-order valence-corrected chi connectivity index (χ2v) is 3.98. The number of aliphatic hydroxyl groups is 1. The predicted octanol–water partition coefficient (Wildman–Crippen LogP) is -0.132. The van der Waals surface area contributed by atoms with Crippen LogP contribution in [0.1, 0.15) is 11.3 Å². The maximum Gasteiger partial charge on any atom is 0.246 e. The number of carbonyl (C=O) groups excluding carboxylic acids is 1. The van der Waals surface area contributed by atoms with Gasteiger partial charge in [-0.2, -0.15) is 0 Å². The summed E-state index contributed by atoms with van der Waals surface area (Å²) in [7, 11) is 0. The maximum atomic E-state index is 11.8. The van der Waals surface area contributed by atoms with Crippen molar-refractivity contribution in [2.75, 3.05) is 5.32 Å². The number of para-hydroxylation sites is 1. The fourth-order valence-corrected chi connectivity index (χ4v) is 1.63. The molecule has 7 heteroatoms. The molecule has 0 spiro atoms. The Kier molecular flexibility index (Phi) is 4.22. The zero-order valence-electron chi connectivity index (χ0n) is 10.3. The number of hydrogen-bond donors (Lipinski definition) is 3. The molecule has 1 heterocycles. The quantitative estimate of drug-likeness (QED) is 0.695. The molecule has 100 valence electrons. The highest BCUT2D eigenvalue weighted by molar-refractivity contribution is 5.91. The van der Waals surface area contributed by atoms with Crippen LogP contribution < -0.4 is 11.1 Å². The van der Waals surface area contributed by atoms with Gasteiger partial charge in [-0.05, 0) is 6.07 Å². The average molecular weight is 261 g/mol. The van der Waals surface area contributed by atoms with Gasteiger partial charge in [0.1, 0.15) is 6.54 Å². The van der Waals surface area contributed by atoms with Gasteiger partial charge in [-0.25, -0.2) is 4.68 Å². The molecule has 1 aromatic heterocycles. The van der Waals surface area contributed by atoms with Crippen molar-refractivity contribution in [2.45, 2.75) is 19.7 Å². The topological polar surface area (TPSA) is 106 Å². The molecule has 0 aliphatic rings. The first-order chi connectivity index (χ1) is 9.22. The number of aliphatic hydroxyl groups excluding tert-OH is 1. The van der Waals surface area contributed by atoms with Crippen LogP contribution in [0.5, 0.6) is 0 Å². The van der Waals surface area contributed by atoms with Crippen LogP contribution in [0.4, 0.5) is 5.69 Å². The Hall–Kier alpha value is -2.25. The van der Waals surface area contributed by atoms with Gasteiger partial charge in [-0.15, -0.1) is 5.10 Å². The van der Waals surface area contributed by atoms with Crippen LogP contribution >= 0.6 is 0 Å². The van der Waals surface area contributed by atoms with Gasteiger partial charge in [0.2, 0.25) is 5.91 Å². The van der Waals surface area contributed by atoms with Gasteiger partial charge in [-0.1, -0.05) is 23.4 Å². The van der Waals surface area contributed by atoms with E-state index in [1.165, 1.54) is 4.68 Å². The third kappa shape index (κ3) is 3.36. The van der Waals surface area contributed by atoms with E-state index in [1.54, 1.807) is 30.5 Å². The number of carbonyl (C=O) groups is 1. The lowest BCUT2D eigenvalue weighted by Crippen LogP contribution is -2.20. The van der Waals surface area contributed by atoms with E-state index >= 15 is 0 Å². The molecule has 0 saturated heterocycles. The summed E-state index contributed by atoms with van der Waals surface area (Å²) in [5.41, 5.74) is 7.30. The maximum absolute atomic E-state index is 11.8. The van der Waals surface area contributed by atoms with Crippen LogP contribution in [-0.4, -0.2) is 26.0 Å². The van der Waals surface area contributed by atoms with Crippen molar-refractivity contribution in [1.29, 1.82) is 0 Å². The number of nitrogens with two attached hydrogens (primary N) is 1. The molecule has 7 nitrogen and oxygen atoms in total. The van der Waals surface area contributed by atoms with E-state index in [0.29, 0.717) is 16.9 Å².